The first-order valence-corrected chi connectivity index (χ1v) is 9.74. The molecule has 1 aliphatic rings. The van der Waals surface area contributed by atoms with Crippen LogP contribution in [0, 0.1) is 5.92 Å². The Labute approximate surface area is 148 Å². The Hall–Kier alpha value is -1.81. The highest BCUT2D eigenvalue weighted by molar-refractivity contribution is 7.10. The van der Waals surface area contributed by atoms with Gasteiger partial charge in [0.1, 0.15) is 0 Å². The summed E-state index contributed by atoms with van der Waals surface area (Å²) in [5.74, 6) is 0.817. The third-order valence-electron chi connectivity index (χ3n) is 4.71. The Kier molecular flexibility index (Phi) is 5.91. The highest BCUT2D eigenvalue weighted by Gasteiger charge is 2.19. The summed E-state index contributed by atoms with van der Waals surface area (Å²) in [5, 5.41) is 8.20. The number of fused-ring (bicyclic) bond motifs is 1. The van der Waals surface area contributed by atoms with Crippen LogP contribution in [0.2, 0.25) is 0 Å². The number of benzene rings is 1. The SMILES string of the molecule is CC1CCc2c(CCNC(=O)NCCc3ccccc3)csc2C1. The van der Waals surface area contributed by atoms with Crippen molar-refractivity contribution in [3.8, 4) is 0 Å². The zero-order chi connectivity index (χ0) is 16.8. The number of amides is 2. The van der Waals surface area contributed by atoms with Crippen LogP contribution in [0.4, 0.5) is 4.79 Å². The first-order valence-electron chi connectivity index (χ1n) is 8.86. The van der Waals surface area contributed by atoms with Gasteiger partial charge in [0.25, 0.3) is 0 Å². The summed E-state index contributed by atoms with van der Waals surface area (Å²) in [6.07, 6.45) is 5.53. The molecular weight excluding hydrogens is 316 g/mol. The van der Waals surface area contributed by atoms with E-state index in [-0.39, 0.29) is 6.03 Å². The average Bonchev–Trinajstić information content (AvgIpc) is 2.98. The highest BCUT2D eigenvalue weighted by atomic mass is 32.1. The smallest absolute Gasteiger partial charge is 0.314 e. The lowest BCUT2D eigenvalue weighted by Gasteiger charge is -2.19. The van der Waals surface area contributed by atoms with Gasteiger partial charge in [0, 0.05) is 18.0 Å². The molecule has 4 heteroatoms. The summed E-state index contributed by atoms with van der Waals surface area (Å²) in [6, 6.07) is 10.2. The van der Waals surface area contributed by atoms with E-state index < -0.39 is 0 Å². The van der Waals surface area contributed by atoms with Crippen LogP contribution in [-0.2, 0) is 25.7 Å². The summed E-state index contributed by atoms with van der Waals surface area (Å²) in [4.78, 5) is 13.4. The van der Waals surface area contributed by atoms with Gasteiger partial charge in [0.2, 0.25) is 0 Å². The van der Waals surface area contributed by atoms with Gasteiger partial charge in [-0.2, -0.15) is 0 Å². The van der Waals surface area contributed by atoms with Crippen LogP contribution in [0.3, 0.4) is 0 Å². The summed E-state index contributed by atoms with van der Waals surface area (Å²) >= 11 is 1.90. The second kappa shape index (κ2) is 8.34. The average molecular weight is 343 g/mol. The molecule has 0 saturated heterocycles. The van der Waals surface area contributed by atoms with E-state index in [2.05, 4.69) is 35.1 Å². The van der Waals surface area contributed by atoms with Crippen LogP contribution in [0.15, 0.2) is 35.7 Å². The lowest BCUT2D eigenvalue weighted by molar-refractivity contribution is 0.241. The van der Waals surface area contributed by atoms with Gasteiger partial charge in [0.15, 0.2) is 0 Å². The molecule has 1 aliphatic carbocycles. The Morgan fingerprint density at radius 2 is 1.92 bits per heavy atom. The molecule has 1 aromatic heterocycles. The number of rotatable bonds is 6. The van der Waals surface area contributed by atoms with E-state index >= 15 is 0 Å². The highest BCUT2D eigenvalue weighted by Crippen LogP contribution is 2.32. The largest absolute Gasteiger partial charge is 0.338 e. The van der Waals surface area contributed by atoms with Crippen LogP contribution < -0.4 is 10.6 Å². The summed E-state index contributed by atoms with van der Waals surface area (Å²) in [7, 11) is 0. The maximum atomic E-state index is 11.9. The molecule has 1 unspecified atom stereocenters. The van der Waals surface area contributed by atoms with Crippen LogP contribution in [0.25, 0.3) is 0 Å². The van der Waals surface area contributed by atoms with Crippen molar-refractivity contribution in [2.75, 3.05) is 13.1 Å². The fourth-order valence-electron chi connectivity index (χ4n) is 3.29. The summed E-state index contributed by atoms with van der Waals surface area (Å²) in [6.45, 7) is 3.71. The zero-order valence-electron chi connectivity index (χ0n) is 14.3. The molecule has 3 rings (SSSR count). The van der Waals surface area contributed by atoms with Gasteiger partial charge in [-0.15, -0.1) is 11.3 Å². The van der Waals surface area contributed by atoms with Crippen molar-refractivity contribution in [2.24, 2.45) is 5.92 Å². The van der Waals surface area contributed by atoms with E-state index in [1.165, 1.54) is 30.4 Å². The van der Waals surface area contributed by atoms with Crippen molar-refractivity contribution < 1.29 is 4.79 Å². The minimum absolute atomic E-state index is 0.0661. The van der Waals surface area contributed by atoms with Crippen molar-refractivity contribution in [3.05, 3.63) is 57.3 Å². The Morgan fingerprint density at radius 3 is 2.71 bits per heavy atom. The second-order valence-electron chi connectivity index (χ2n) is 6.68. The van der Waals surface area contributed by atoms with Crippen molar-refractivity contribution in [1.29, 1.82) is 0 Å². The van der Waals surface area contributed by atoms with Gasteiger partial charge < -0.3 is 10.6 Å². The number of hydrogen-bond donors (Lipinski definition) is 2. The van der Waals surface area contributed by atoms with E-state index in [1.807, 2.05) is 29.5 Å². The second-order valence-corrected chi connectivity index (χ2v) is 7.64. The summed E-state index contributed by atoms with van der Waals surface area (Å²) in [5.41, 5.74) is 4.24. The van der Waals surface area contributed by atoms with Crippen molar-refractivity contribution >= 4 is 17.4 Å². The normalized spacial score (nSPS) is 16.5. The topological polar surface area (TPSA) is 41.1 Å². The summed E-state index contributed by atoms with van der Waals surface area (Å²) < 4.78 is 0. The minimum atomic E-state index is -0.0661. The number of urea groups is 1. The van der Waals surface area contributed by atoms with Gasteiger partial charge in [-0.1, -0.05) is 37.3 Å². The molecule has 2 N–H and O–H groups in total. The lowest BCUT2D eigenvalue weighted by atomic mass is 9.88. The van der Waals surface area contributed by atoms with Gasteiger partial charge in [-0.05, 0) is 60.1 Å². The number of carbonyl (C=O) groups excluding carboxylic acids is 1. The van der Waals surface area contributed by atoms with E-state index in [0.717, 1.165) is 18.8 Å². The molecule has 1 heterocycles. The third kappa shape index (κ3) is 4.60. The van der Waals surface area contributed by atoms with Crippen LogP contribution >= 0.6 is 11.3 Å². The van der Waals surface area contributed by atoms with Crippen LogP contribution in [-0.4, -0.2) is 19.1 Å². The van der Waals surface area contributed by atoms with Crippen molar-refractivity contribution in [1.82, 2.24) is 10.6 Å². The van der Waals surface area contributed by atoms with Crippen molar-refractivity contribution in [3.63, 3.8) is 0 Å². The number of hydrogen-bond acceptors (Lipinski definition) is 2. The molecule has 1 atom stereocenters. The van der Waals surface area contributed by atoms with E-state index in [4.69, 9.17) is 0 Å². The minimum Gasteiger partial charge on any atom is -0.338 e. The van der Waals surface area contributed by atoms with Gasteiger partial charge in [-0.3, -0.25) is 0 Å². The maximum absolute atomic E-state index is 11.9. The van der Waals surface area contributed by atoms with Gasteiger partial charge in [0.05, 0.1) is 0 Å². The molecule has 0 bridgehead atoms. The molecule has 0 aliphatic heterocycles. The van der Waals surface area contributed by atoms with E-state index in [9.17, 15) is 4.79 Å². The number of thiophene rings is 1. The number of carbonyl (C=O) groups is 1. The molecular formula is C20H26N2OS. The first kappa shape index (κ1) is 17.0. The monoisotopic (exact) mass is 342 g/mol. The fraction of sp³-hybridized carbons (Fsp3) is 0.450. The molecule has 0 fully saturated rings. The Balaban J connectivity index is 1.37. The molecule has 0 spiro atoms. The Morgan fingerprint density at radius 1 is 1.17 bits per heavy atom. The maximum Gasteiger partial charge on any atom is 0.314 e. The zero-order valence-corrected chi connectivity index (χ0v) is 15.1. The standard InChI is InChI=1S/C20H26N2OS/c1-15-7-8-18-17(14-24-19(18)13-15)10-12-22-20(23)21-11-9-16-5-3-2-4-6-16/h2-6,14-15H,7-13H2,1H3,(H2,21,22,23). The van der Waals surface area contributed by atoms with E-state index in [0.29, 0.717) is 13.1 Å². The first-order chi connectivity index (χ1) is 11.7. The van der Waals surface area contributed by atoms with Gasteiger partial charge >= 0.3 is 6.03 Å². The molecule has 0 radical (unpaired) electrons. The molecule has 2 amide bonds. The predicted octanol–water partition coefficient (Wildman–Crippen LogP) is 3.96. The lowest BCUT2D eigenvalue weighted by Crippen LogP contribution is -2.37. The molecule has 1 aromatic carbocycles. The molecule has 3 nitrogen and oxygen atoms in total. The number of nitrogens with one attached hydrogen (secondary N) is 2. The predicted molar refractivity (Wildman–Crippen MR) is 101 cm³/mol. The van der Waals surface area contributed by atoms with Crippen molar-refractivity contribution in [2.45, 2.75) is 39.0 Å². The van der Waals surface area contributed by atoms with Crippen LogP contribution in [0.5, 0.6) is 0 Å². The molecule has 2 aromatic rings. The Bertz CT molecular complexity index is 666. The van der Waals surface area contributed by atoms with Gasteiger partial charge in [-0.25, -0.2) is 4.79 Å². The molecule has 0 saturated carbocycles. The van der Waals surface area contributed by atoms with E-state index in [1.54, 1.807) is 10.4 Å². The fourth-order valence-corrected chi connectivity index (χ4v) is 4.59. The quantitative estimate of drug-likeness (QED) is 0.820. The molecule has 24 heavy (non-hydrogen) atoms. The van der Waals surface area contributed by atoms with Crippen LogP contribution in [0.1, 0.15) is 34.9 Å². The third-order valence-corrected chi connectivity index (χ3v) is 5.81. The molecule has 128 valence electrons.